The second kappa shape index (κ2) is 2.72. The summed E-state index contributed by atoms with van der Waals surface area (Å²) < 4.78 is 0. The lowest BCUT2D eigenvalue weighted by atomic mass is 9.75. The molecule has 0 radical (unpaired) electrons. The van der Waals surface area contributed by atoms with Crippen LogP contribution in [0.3, 0.4) is 0 Å². The van der Waals surface area contributed by atoms with E-state index in [2.05, 4.69) is 22.6 Å². The third-order valence-corrected chi connectivity index (χ3v) is 4.24. The fourth-order valence-corrected chi connectivity index (χ4v) is 3.25. The van der Waals surface area contributed by atoms with Crippen LogP contribution in [-0.2, 0) is 4.79 Å². The van der Waals surface area contributed by atoms with Gasteiger partial charge in [0.2, 0.25) is 5.91 Å². The second-order valence-electron chi connectivity index (χ2n) is 5.19. The summed E-state index contributed by atoms with van der Waals surface area (Å²) in [5.41, 5.74) is -0.430. The summed E-state index contributed by atoms with van der Waals surface area (Å²) in [4.78, 5) is 14.2. The van der Waals surface area contributed by atoms with Crippen LogP contribution >= 0.6 is 0 Å². The number of carbonyl (C=O) groups excluding carboxylic acids is 1. The van der Waals surface area contributed by atoms with Gasteiger partial charge in [0.25, 0.3) is 0 Å². The Hall–Kier alpha value is -0.650. The van der Waals surface area contributed by atoms with E-state index in [9.17, 15) is 9.90 Å². The standard InChI is InChI=1S/C10H17N3O2/c1-13-5-4-10(9(6-13)2-3-9)7(14)11-8(15)12-10/h8,12,15H,2-6H2,1H3,(H,11,14). The smallest absolute Gasteiger partial charge is 0.244 e. The van der Waals surface area contributed by atoms with Gasteiger partial charge in [0.15, 0.2) is 6.35 Å². The molecule has 0 aromatic rings. The molecule has 2 heterocycles. The molecule has 5 heteroatoms. The maximum Gasteiger partial charge on any atom is 0.244 e. The molecule has 3 rings (SSSR count). The van der Waals surface area contributed by atoms with Gasteiger partial charge in [-0.2, -0.15) is 0 Å². The first kappa shape index (κ1) is 9.57. The first-order chi connectivity index (χ1) is 7.08. The molecule has 3 aliphatic rings. The molecule has 2 atom stereocenters. The maximum absolute atomic E-state index is 12.0. The molecule has 1 saturated carbocycles. The van der Waals surface area contributed by atoms with E-state index < -0.39 is 11.9 Å². The number of likely N-dealkylation sites (tertiary alicyclic amines) is 1. The van der Waals surface area contributed by atoms with Gasteiger partial charge in [0, 0.05) is 18.5 Å². The number of aliphatic hydroxyl groups is 1. The number of nitrogens with zero attached hydrogens (tertiary/aromatic N) is 1. The quantitative estimate of drug-likeness (QED) is 0.473. The van der Waals surface area contributed by atoms with Crippen LogP contribution in [0, 0.1) is 5.41 Å². The van der Waals surface area contributed by atoms with Crippen LogP contribution in [0.4, 0.5) is 0 Å². The van der Waals surface area contributed by atoms with Crippen LogP contribution < -0.4 is 10.6 Å². The van der Waals surface area contributed by atoms with E-state index >= 15 is 0 Å². The van der Waals surface area contributed by atoms with Crippen molar-refractivity contribution >= 4 is 5.91 Å². The lowest BCUT2D eigenvalue weighted by molar-refractivity contribution is -0.129. The Kier molecular flexibility index (Phi) is 1.74. The molecule has 1 amide bonds. The summed E-state index contributed by atoms with van der Waals surface area (Å²) in [6.45, 7) is 1.87. The third kappa shape index (κ3) is 1.11. The zero-order valence-electron chi connectivity index (χ0n) is 8.92. The van der Waals surface area contributed by atoms with Crippen LogP contribution in [-0.4, -0.2) is 47.9 Å². The average molecular weight is 211 g/mol. The molecule has 1 aliphatic carbocycles. The van der Waals surface area contributed by atoms with E-state index in [0.717, 1.165) is 32.4 Å². The van der Waals surface area contributed by atoms with Crippen molar-refractivity contribution in [2.75, 3.05) is 20.1 Å². The summed E-state index contributed by atoms with van der Waals surface area (Å²) in [5.74, 6) is -0.0133. The zero-order valence-corrected chi connectivity index (χ0v) is 8.92. The molecule has 15 heavy (non-hydrogen) atoms. The Morgan fingerprint density at radius 2 is 2.20 bits per heavy atom. The van der Waals surface area contributed by atoms with Crippen molar-refractivity contribution in [3.63, 3.8) is 0 Å². The van der Waals surface area contributed by atoms with Crippen molar-refractivity contribution in [3.8, 4) is 0 Å². The third-order valence-electron chi connectivity index (χ3n) is 4.24. The highest BCUT2D eigenvalue weighted by Crippen LogP contribution is 2.58. The van der Waals surface area contributed by atoms with Crippen molar-refractivity contribution in [1.82, 2.24) is 15.5 Å². The molecule has 5 nitrogen and oxygen atoms in total. The lowest BCUT2D eigenvalue weighted by Gasteiger charge is -2.43. The van der Waals surface area contributed by atoms with Gasteiger partial charge in [0.05, 0.1) is 0 Å². The Labute approximate surface area is 88.8 Å². The highest BCUT2D eigenvalue weighted by atomic mass is 16.3. The number of fused-ring (bicyclic) bond motifs is 1. The fraction of sp³-hybridized carbons (Fsp3) is 0.900. The van der Waals surface area contributed by atoms with Crippen LogP contribution in [0.1, 0.15) is 19.3 Å². The number of aliphatic hydroxyl groups excluding tert-OH is 1. The van der Waals surface area contributed by atoms with E-state index in [-0.39, 0.29) is 11.3 Å². The van der Waals surface area contributed by atoms with E-state index in [1.165, 1.54) is 0 Å². The minimum Gasteiger partial charge on any atom is -0.361 e. The van der Waals surface area contributed by atoms with E-state index in [4.69, 9.17) is 0 Å². The van der Waals surface area contributed by atoms with E-state index in [1.54, 1.807) is 0 Å². The van der Waals surface area contributed by atoms with Gasteiger partial charge in [0.1, 0.15) is 5.54 Å². The summed E-state index contributed by atoms with van der Waals surface area (Å²) >= 11 is 0. The van der Waals surface area contributed by atoms with E-state index in [1.807, 2.05) is 0 Å². The highest BCUT2D eigenvalue weighted by Gasteiger charge is 2.67. The predicted octanol–water partition coefficient (Wildman–Crippen LogP) is -1.16. The molecule has 2 saturated heterocycles. The monoisotopic (exact) mass is 211 g/mol. The van der Waals surface area contributed by atoms with Crippen molar-refractivity contribution in [3.05, 3.63) is 0 Å². The Bertz CT molecular complexity index is 316. The van der Waals surface area contributed by atoms with Crippen LogP contribution in [0.2, 0.25) is 0 Å². The Morgan fingerprint density at radius 1 is 1.47 bits per heavy atom. The Morgan fingerprint density at radius 3 is 2.73 bits per heavy atom. The van der Waals surface area contributed by atoms with Gasteiger partial charge < -0.3 is 15.3 Å². The number of nitrogens with one attached hydrogen (secondary N) is 2. The average Bonchev–Trinajstić information content (AvgIpc) is 2.85. The summed E-state index contributed by atoms with van der Waals surface area (Å²) in [6, 6.07) is 0. The number of carbonyl (C=O) groups is 1. The van der Waals surface area contributed by atoms with Gasteiger partial charge in [-0.25, -0.2) is 0 Å². The molecular weight excluding hydrogens is 194 g/mol. The van der Waals surface area contributed by atoms with Gasteiger partial charge in [-0.3, -0.25) is 10.1 Å². The number of hydrogen-bond donors (Lipinski definition) is 3. The Balaban J connectivity index is 1.94. The number of hydrogen-bond acceptors (Lipinski definition) is 4. The fourth-order valence-electron chi connectivity index (χ4n) is 3.25. The maximum atomic E-state index is 12.0. The normalized spacial score (nSPS) is 43.6. The number of piperidine rings is 1. The molecule has 0 aromatic heterocycles. The van der Waals surface area contributed by atoms with Crippen molar-refractivity contribution in [1.29, 1.82) is 0 Å². The van der Waals surface area contributed by atoms with Crippen LogP contribution in [0.5, 0.6) is 0 Å². The highest BCUT2D eigenvalue weighted by molar-refractivity contribution is 5.90. The number of rotatable bonds is 0. The van der Waals surface area contributed by atoms with Gasteiger partial charge in [-0.05, 0) is 26.3 Å². The molecule has 0 bridgehead atoms. The summed E-state index contributed by atoms with van der Waals surface area (Å²) in [7, 11) is 2.09. The molecular formula is C10H17N3O2. The molecule has 2 spiro atoms. The van der Waals surface area contributed by atoms with Crippen molar-refractivity contribution in [2.24, 2.45) is 5.41 Å². The van der Waals surface area contributed by atoms with Gasteiger partial charge >= 0.3 is 0 Å². The van der Waals surface area contributed by atoms with Crippen LogP contribution in [0.25, 0.3) is 0 Å². The molecule has 3 fully saturated rings. The lowest BCUT2D eigenvalue weighted by Crippen LogP contribution is -2.62. The van der Waals surface area contributed by atoms with Gasteiger partial charge in [-0.1, -0.05) is 0 Å². The second-order valence-corrected chi connectivity index (χ2v) is 5.19. The zero-order chi connectivity index (χ0) is 10.7. The SMILES string of the molecule is CN1CCC2(NC(O)NC2=O)C2(CC2)C1. The molecule has 3 N–H and O–H groups in total. The van der Waals surface area contributed by atoms with Crippen LogP contribution in [0.15, 0.2) is 0 Å². The molecule has 84 valence electrons. The first-order valence-corrected chi connectivity index (χ1v) is 5.53. The van der Waals surface area contributed by atoms with Gasteiger partial charge in [-0.15, -0.1) is 0 Å². The first-order valence-electron chi connectivity index (χ1n) is 5.53. The number of amides is 1. The van der Waals surface area contributed by atoms with Crippen molar-refractivity contribution < 1.29 is 9.90 Å². The topological polar surface area (TPSA) is 64.6 Å². The molecule has 2 aliphatic heterocycles. The minimum atomic E-state index is -0.863. The van der Waals surface area contributed by atoms with E-state index in [0.29, 0.717) is 0 Å². The molecule has 0 aromatic carbocycles. The predicted molar refractivity (Wildman–Crippen MR) is 53.8 cm³/mol. The van der Waals surface area contributed by atoms with Crippen molar-refractivity contribution in [2.45, 2.75) is 31.2 Å². The molecule has 2 unspecified atom stereocenters. The summed E-state index contributed by atoms with van der Waals surface area (Å²) in [5, 5.41) is 15.1. The summed E-state index contributed by atoms with van der Waals surface area (Å²) in [6.07, 6.45) is 2.11. The largest absolute Gasteiger partial charge is 0.361 e. The minimum absolute atomic E-state index is 0.0133.